The standard InChI is InChI=1S/C28H34N4O/c1-19-9-8-12-24(32-27(33)31-22-10-6-5-7-11-22)26(19)20-13-14-23(30-18-20)25-17-21(15-16-29-25)28(2,3)4/h8-9,12-18,22H,5-7,10-11H2,1-4H3,(H2,31,32,33). The Labute approximate surface area is 197 Å². The summed E-state index contributed by atoms with van der Waals surface area (Å²) >= 11 is 0. The highest BCUT2D eigenvalue weighted by atomic mass is 16.2. The van der Waals surface area contributed by atoms with E-state index in [9.17, 15) is 4.79 Å². The monoisotopic (exact) mass is 442 g/mol. The first-order valence-corrected chi connectivity index (χ1v) is 11.9. The molecule has 0 aliphatic heterocycles. The molecule has 0 spiro atoms. The first kappa shape index (κ1) is 23.0. The summed E-state index contributed by atoms with van der Waals surface area (Å²) in [5.41, 5.74) is 6.83. The molecule has 4 rings (SSSR count). The molecule has 5 nitrogen and oxygen atoms in total. The third kappa shape index (κ3) is 5.59. The summed E-state index contributed by atoms with van der Waals surface area (Å²) in [6, 6.07) is 14.3. The van der Waals surface area contributed by atoms with Crippen molar-refractivity contribution in [3.05, 3.63) is 66.0 Å². The fraction of sp³-hybridized carbons (Fsp3) is 0.393. The van der Waals surface area contributed by atoms with E-state index in [0.29, 0.717) is 0 Å². The normalized spacial score (nSPS) is 14.7. The van der Waals surface area contributed by atoms with E-state index in [1.54, 1.807) is 0 Å². The average molecular weight is 443 g/mol. The molecule has 3 aromatic rings. The van der Waals surface area contributed by atoms with Gasteiger partial charge >= 0.3 is 6.03 Å². The molecule has 1 fully saturated rings. The maximum Gasteiger partial charge on any atom is 0.319 e. The van der Waals surface area contributed by atoms with Crippen LogP contribution in [0.1, 0.15) is 64.0 Å². The summed E-state index contributed by atoms with van der Waals surface area (Å²) in [4.78, 5) is 21.9. The highest BCUT2D eigenvalue weighted by molar-refractivity contribution is 5.95. The number of carbonyl (C=O) groups is 1. The molecule has 1 aliphatic carbocycles. The number of nitrogens with one attached hydrogen (secondary N) is 2. The van der Waals surface area contributed by atoms with Crippen LogP contribution in [0.25, 0.3) is 22.5 Å². The molecule has 2 heterocycles. The molecule has 1 aromatic carbocycles. The third-order valence-corrected chi connectivity index (χ3v) is 6.40. The van der Waals surface area contributed by atoms with Gasteiger partial charge in [-0.15, -0.1) is 0 Å². The Balaban J connectivity index is 1.56. The molecule has 0 unspecified atom stereocenters. The smallest absolute Gasteiger partial charge is 0.319 e. The summed E-state index contributed by atoms with van der Waals surface area (Å²) in [5.74, 6) is 0. The van der Waals surface area contributed by atoms with Crippen LogP contribution in [0.2, 0.25) is 0 Å². The van der Waals surface area contributed by atoms with Gasteiger partial charge in [-0.25, -0.2) is 4.79 Å². The van der Waals surface area contributed by atoms with Crippen LogP contribution in [-0.4, -0.2) is 22.0 Å². The molecule has 172 valence electrons. The van der Waals surface area contributed by atoms with Gasteiger partial charge in [0.1, 0.15) is 0 Å². The highest BCUT2D eigenvalue weighted by Crippen LogP contribution is 2.32. The quantitative estimate of drug-likeness (QED) is 0.463. The number of aromatic nitrogens is 2. The molecule has 2 N–H and O–H groups in total. The van der Waals surface area contributed by atoms with Crippen LogP contribution in [0.5, 0.6) is 0 Å². The molecule has 1 aliphatic rings. The predicted molar refractivity (Wildman–Crippen MR) is 135 cm³/mol. The Bertz CT molecular complexity index is 1110. The minimum Gasteiger partial charge on any atom is -0.335 e. The second-order valence-electron chi connectivity index (χ2n) is 10.0. The number of hydrogen-bond acceptors (Lipinski definition) is 3. The predicted octanol–water partition coefficient (Wildman–Crippen LogP) is 6.87. The number of carbonyl (C=O) groups excluding carboxylic acids is 1. The van der Waals surface area contributed by atoms with Crippen molar-refractivity contribution in [2.75, 3.05) is 5.32 Å². The van der Waals surface area contributed by atoms with Gasteiger partial charge in [-0.1, -0.05) is 58.2 Å². The van der Waals surface area contributed by atoms with Gasteiger partial charge in [0, 0.05) is 29.6 Å². The van der Waals surface area contributed by atoms with Crippen LogP contribution in [0.3, 0.4) is 0 Å². The minimum absolute atomic E-state index is 0.0531. The van der Waals surface area contributed by atoms with Crippen LogP contribution in [0.4, 0.5) is 10.5 Å². The lowest BCUT2D eigenvalue weighted by atomic mass is 9.87. The van der Waals surface area contributed by atoms with Gasteiger partial charge in [0.25, 0.3) is 0 Å². The Morgan fingerprint density at radius 3 is 2.45 bits per heavy atom. The fourth-order valence-electron chi connectivity index (χ4n) is 4.48. The van der Waals surface area contributed by atoms with Gasteiger partial charge < -0.3 is 10.6 Å². The maximum atomic E-state index is 12.7. The zero-order chi connectivity index (χ0) is 23.4. The number of anilines is 1. The van der Waals surface area contributed by atoms with Crippen LogP contribution in [0, 0.1) is 6.92 Å². The summed E-state index contributed by atoms with van der Waals surface area (Å²) in [6.07, 6.45) is 9.47. The fourth-order valence-corrected chi connectivity index (χ4v) is 4.48. The molecule has 0 atom stereocenters. The molecule has 2 aromatic heterocycles. The number of amides is 2. The molecule has 33 heavy (non-hydrogen) atoms. The van der Waals surface area contributed by atoms with E-state index in [1.165, 1.54) is 24.8 Å². The minimum atomic E-state index is -0.137. The van der Waals surface area contributed by atoms with E-state index in [-0.39, 0.29) is 17.5 Å². The van der Waals surface area contributed by atoms with Crippen molar-refractivity contribution >= 4 is 11.7 Å². The van der Waals surface area contributed by atoms with Gasteiger partial charge in [-0.2, -0.15) is 0 Å². The summed E-state index contributed by atoms with van der Waals surface area (Å²) in [7, 11) is 0. The second kappa shape index (κ2) is 9.74. The van der Waals surface area contributed by atoms with Crippen molar-refractivity contribution < 1.29 is 4.79 Å². The molecule has 0 radical (unpaired) electrons. The zero-order valence-corrected chi connectivity index (χ0v) is 20.1. The molecule has 5 heteroatoms. The molecular formula is C28H34N4O. The van der Waals surface area contributed by atoms with Crippen molar-refractivity contribution in [3.8, 4) is 22.5 Å². The molecule has 0 bridgehead atoms. The number of benzene rings is 1. The van der Waals surface area contributed by atoms with Crippen molar-refractivity contribution in [2.45, 2.75) is 71.3 Å². The van der Waals surface area contributed by atoms with Crippen LogP contribution >= 0.6 is 0 Å². The zero-order valence-electron chi connectivity index (χ0n) is 20.1. The van der Waals surface area contributed by atoms with Crippen LogP contribution < -0.4 is 10.6 Å². The summed E-state index contributed by atoms with van der Waals surface area (Å²) in [6.45, 7) is 8.64. The van der Waals surface area contributed by atoms with Gasteiger partial charge in [0.2, 0.25) is 0 Å². The third-order valence-electron chi connectivity index (χ3n) is 6.40. The second-order valence-corrected chi connectivity index (χ2v) is 10.0. The van der Waals surface area contributed by atoms with Crippen molar-refractivity contribution in [1.82, 2.24) is 15.3 Å². The maximum absolute atomic E-state index is 12.7. The summed E-state index contributed by atoms with van der Waals surface area (Å²) in [5, 5.41) is 6.22. The summed E-state index contributed by atoms with van der Waals surface area (Å²) < 4.78 is 0. The molecule has 0 saturated heterocycles. The van der Waals surface area contributed by atoms with E-state index >= 15 is 0 Å². The van der Waals surface area contributed by atoms with E-state index in [4.69, 9.17) is 4.98 Å². The number of urea groups is 1. The first-order valence-electron chi connectivity index (χ1n) is 11.9. The lowest BCUT2D eigenvalue weighted by molar-refractivity contribution is 0.244. The van der Waals surface area contributed by atoms with Gasteiger partial charge in [0.05, 0.1) is 17.1 Å². The van der Waals surface area contributed by atoms with E-state index in [1.807, 2.05) is 30.6 Å². The number of nitrogens with zero attached hydrogens (tertiary/aromatic N) is 2. The van der Waals surface area contributed by atoms with Crippen LogP contribution in [-0.2, 0) is 5.41 Å². The average Bonchev–Trinajstić information content (AvgIpc) is 2.80. The van der Waals surface area contributed by atoms with E-state index < -0.39 is 0 Å². The molecule has 2 amide bonds. The number of rotatable bonds is 4. The van der Waals surface area contributed by atoms with Crippen LogP contribution in [0.15, 0.2) is 54.9 Å². The Morgan fingerprint density at radius 2 is 1.76 bits per heavy atom. The lowest BCUT2D eigenvalue weighted by Gasteiger charge is -2.23. The number of aryl methyl sites for hydroxylation is 1. The van der Waals surface area contributed by atoms with Gasteiger partial charge in [-0.3, -0.25) is 9.97 Å². The lowest BCUT2D eigenvalue weighted by Crippen LogP contribution is -2.39. The van der Waals surface area contributed by atoms with E-state index in [2.05, 4.69) is 67.6 Å². The van der Waals surface area contributed by atoms with Crippen molar-refractivity contribution in [3.63, 3.8) is 0 Å². The van der Waals surface area contributed by atoms with E-state index in [0.717, 1.165) is 46.6 Å². The Kier molecular flexibility index (Phi) is 6.77. The Hall–Kier alpha value is -3.21. The largest absolute Gasteiger partial charge is 0.335 e. The Morgan fingerprint density at radius 1 is 0.970 bits per heavy atom. The highest BCUT2D eigenvalue weighted by Gasteiger charge is 2.18. The SMILES string of the molecule is Cc1cccc(NC(=O)NC2CCCCC2)c1-c1ccc(-c2cc(C(C)(C)C)ccn2)nc1. The van der Waals surface area contributed by atoms with Gasteiger partial charge in [-0.05, 0) is 60.6 Å². The van der Waals surface area contributed by atoms with Crippen molar-refractivity contribution in [1.29, 1.82) is 0 Å². The number of pyridine rings is 2. The number of hydrogen-bond donors (Lipinski definition) is 2. The topological polar surface area (TPSA) is 66.9 Å². The first-order chi connectivity index (χ1) is 15.8. The molecular weight excluding hydrogens is 408 g/mol. The van der Waals surface area contributed by atoms with Gasteiger partial charge in [0.15, 0.2) is 0 Å². The van der Waals surface area contributed by atoms with Crippen molar-refractivity contribution in [2.24, 2.45) is 0 Å². The molecule has 1 saturated carbocycles.